The van der Waals surface area contributed by atoms with Crippen LogP contribution < -0.4 is 10.1 Å². The molecule has 2 aromatic rings. The second kappa shape index (κ2) is 7.08. The lowest BCUT2D eigenvalue weighted by Gasteiger charge is -2.13. The van der Waals surface area contributed by atoms with Gasteiger partial charge in [0.1, 0.15) is 17.1 Å². The van der Waals surface area contributed by atoms with Gasteiger partial charge in [-0.05, 0) is 32.0 Å². The van der Waals surface area contributed by atoms with Gasteiger partial charge in [-0.15, -0.1) is 0 Å². The van der Waals surface area contributed by atoms with Crippen molar-refractivity contribution in [3.05, 3.63) is 42.4 Å². The highest BCUT2D eigenvalue weighted by Crippen LogP contribution is 2.26. The molecular formula is C15H17N3O2S. The van der Waals surface area contributed by atoms with Crippen LogP contribution in [-0.4, -0.2) is 28.2 Å². The maximum atomic E-state index is 12.2. The second-order valence-electron chi connectivity index (χ2n) is 4.45. The number of ether oxygens (including phenoxy) is 1. The number of carbonyl (C=O) groups excluding carboxylic acids is 1. The van der Waals surface area contributed by atoms with Gasteiger partial charge >= 0.3 is 0 Å². The molecule has 0 fully saturated rings. The van der Waals surface area contributed by atoms with Crippen molar-refractivity contribution in [1.82, 2.24) is 9.97 Å². The van der Waals surface area contributed by atoms with E-state index < -0.39 is 0 Å². The van der Waals surface area contributed by atoms with Crippen LogP contribution >= 0.6 is 11.8 Å². The Labute approximate surface area is 128 Å². The Kier molecular flexibility index (Phi) is 5.16. The molecule has 1 atom stereocenters. The predicted octanol–water partition coefficient (Wildman–Crippen LogP) is 2.91. The minimum Gasteiger partial charge on any atom is -0.495 e. The topological polar surface area (TPSA) is 64.1 Å². The lowest BCUT2D eigenvalue weighted by Crippen LogP contribution is -2.22. The van der Waals surface area contributed by atoms with Gasteiger partial charge in [-0.3, -0.25) is 4.79 Å². The van der Waals surface area contributed by atoms with Crippen LogP contribution in [0.2, 0.25) is 0 Å². The largest absolute Gasteiger partial charge is 0.495 e. The summed E-state index contributed by atoms with van der Waals surface area (Å²) in [6.07, 6.45) is 1.50. The summed E-state index contributed by atoms with van der Waals surface area (Å²) >= 11 is 1.39. The Morgan fingerprint density at radius 3 is 2.81 bits per heavy atom. The minimum absolute atomic E-state index is 0.0965. The first kappa shape index (κ1) is 15.3. The maximum Gasteiger partial charge on any atom is 0.237 e. The lowest BCUT2D eigenvalue weighted by molar-refractivity contribution is -0.115. The number of para-hydroxylation sites is 2. The molecule has 1 N–H and O–H groups in total. The molecule has 6 heteroatoms. The number of nitrogens with one attached hydrogen (secondary N) is 1. The number of rotatable bonds is 5. The molecule has 21 heavy (non-hydrogen) atoms. The smallest absolute Gasteiger partial charge is 0.237 e. The Bertz CT molecular complexity index is 634. The van der Waals surface area contributed by atoms with Crippen molar-refractivity contribution in [2.45, 2.75) is 24.1 Å². The lowest BCUT2D eigenvalue weighted by atomic mass is 10.3. The highest BCUT2D eigenvalue weighted by molar-refractivity contribution is 8.00. The SMILES string of the molecule is COc1ccccc1NC(=O)[C@@H](C)Sc1cc(C)ncn1. The number of amides is 1. The zero-order valence-corrected chi connectivity index (χ0v) is 13.0. The number of hydrogen-bond acceptors (Lipinski definition) is 5. The van der Waals surface area contributed by atoms with Gasteiger partial charge in [-0.25, -0.2) is 9.97 Å². The third-order valence-electron chi connectivity index (χ3n) is 2.81. The van der Waals surface area contributed by atoms with Gasteiger partial charge in [0.25, 0.3) is 0 Å². The van der Waals surface area contributed by atoms with Gasteiger partial charge in [0.05, 0.1) is 18.0 Å². The fraction of sp³-hybridized carbons (Fsp3) is 0.267. The van der Waals surface area contributed by atoms with Crippen LogP contribution in [0.1, 0.15) is 12.6 Å². The molecule has 0 spiro atoms. The number of hydrogen-bond donors (Lipinski definition) is 1. The summed E-state index contributed by atoms with van der Waals surface area (Å²) in [6.45, 7) is 3.73. The average Bonchev–Trinajstić information content (AvgIpc) is 2.47. The van der Waals surface area contributed by atoms with Crippen molar-refractivity contribution in [2.75, 3.05) is 12.4 Å². The number of benzene rings is 1. The van der Waals surface area contributed by atoms with Crippen LogP contribution in [0.3, 0.4) is 0 Å². The summed E-state index contributed by atoms with van der Waals surface area (Å²) in [5, 5.41) is 3.38. The Morgan fingerprint density at radius 2 is 2.10 bits per heavy atom. The van der Waals surface area contributed by atoms with E-state index in [2.05, 4.69) is 15.3 Å². The van der Waals surface area contributed by atoms with Crippen molar-refractivity contribution in [3.8, 4) is 5.75 Å². The van der Waals surface area contributed by atoms with Crippen molar-refractivity contribution in [3.63, 3.8) is 0 Å². The van der Waals surface area contributed by atoms with E-state index in [1.807, 2.05) is 38.1 Å². The van der Waals surface area contributed by atoms with Crippen molar-refractivity contribution in [2.24, 2.45) is 0 Å². The fourth-order valence-electron chi connectivity index (χ4n) is 1.71. The molecule has 0 radical (unpaired) electrons. The van der Waals surface area contributed by atoms with E-state index in [4.69, 9.17) is 4.74 Å². The number of aryl methyl sites for hydroxylation is 1. The molecule has 110 valence electrons. The Balaban J connectivity index is 2.02. The van der Waals surface area contributed by atoms with Gasteiger partial charge in [-0.1, -0.05) is 23.9 Å². The number of thioether (sulfide) groups is 1. The summed E-state index contributed by atoms with van der Waals surface area (Å²) < 4.78 is 5.22. The molecule has 0 saturated carbocycles. The van der Waals surface area contributed by atoms with E-state index in [0.29, 0.717) is 11.4 Å². The molecule has 1 aromatic carbocycles. The van der Waals surface area contributed by atoms with E-state index in [0.717, 1.165) is 10.7 Å². The van der Waals surface area contributed by atoms with Crippen LogP contribution in [-0.2, 0) is 4.79 Å². The first-order chi connectivity index (χ1) is 10.1. The van der Waals surface area contributed by atoms with Crippen LogP contribution in [0.25, 0.3) is 0 Å². The fourth-order valence-corrected chi connectivity index (χ4v) is 2.59. The van der Waals surface area contributed by atoms with E-state index >= 15 is 0 Å². The molecule has 5 nitrogen and oxygen atoms in total. The van der Waals surface area contributed by atoms with Gasteiger partial charge in [0, 0.05) is 5.69 Å². The zero-order chi connectivity index (χ0) is 15.2. The first-order valence-electron chi connectivity index (χ1n) is 6.49. The summed E-state index contributed by atoms with van der Waals surface area (Å²) in [4.78, 5) is 20.4. The van der Waals surface area contributed by atoms with Gasteiger partial charge in [0.2, 0.25) is 5.91 Å². The molecule has 1 amide bonds. The highest BCUT2D eigenvalue weighted by atomic mass is 32.2. The molecule has 0 aliphatic carbocycles. The average molecular weight is 303 g/mol. The third kappa shape index (κ3) is 4.19. The summed E-state index contributed by atoms with van der Waals surface area (Å²) in [6, 6.07) is 9.18. The van der Waals surface area contributed by atoms with Gasteiger partial charge in [-0.2, -0.15) is 0 Å². The zero-order valence-electron chi connectivity index (χ0n) is 12.2. The Morgan fingerprint density at radius 1 is 1.33 bits per heavy atom. The summed E-state index contributed by atoms with van der Waals surface area (Å²) in [5.41, 5.74) is 1.54. The molecular weight excluding hydrogens is 286 g/mol. The monoisotopic (exact) mass is 303 g/mol. The molecule has 0 bridgehead atoms. The summed E-state index contributed by atoms with van der Waals surface area (Å²) in [5.74, 6) is 0.543. The number of aromatic nitrogens is 2. The van der Waals surface area contributed by atoms with Crippen LogP contribution in [0.15, 0.2) is 41.7 Å². The minimum atomic E-state index is -0.274. The van der Waals surface area contributed by atoms with Gasteiger partial charge < -0.3 is 10.1 Å². The summed E-state index contributed by atoms with van der Waals surface area (Å²) in [7, 11) is 1.58. The molecule has 2 rings (SSSR count). The Hall–Kier alpha value is -2.08. The maximum absolute atomic E-state index is 12.2. The van der Waals surface area contributed by atoms with E-state index in [9.17, 15) is 4.79 Å². The number of anilines is 1. The molecule has 1 aromatic heterocycles. The van der Waals surface area contributed by atoms with E-state index in [1.165, 1.54) is 18.1 Å². The first-order valence-corrected chi connectivity index (χ1v) is 7.37. The highest BCUT2D eigenvalue weighted by Gasteiger charge is 2.16. The second-order valence-corrected chi connectivity index (χ2v) is 5.81. The molecule has 0 saturated heterocycles. The van der Waals surface area contributed by atoms with E-state index in [1.54, 1.807) is 13.2 Å². The number of methoxy groups -OCH3 is 1. The van der Waals surface area contributed by atoms with E-state index in [-0.39, 0.29) is 11.2 Å². The third-order valence-corrected chi connectivity index (χ3v) is 3.84. The van der Waals surface area contributed by atoms with Crippen LogP contribution in [0, 0.1) is 6.92 Å². The normalized spacial score (nSPS) is 11.8. The number of carbonyl (C=O) groups is 1. The number of nitrogens with zero attached hydrogens (tertiary/aromatic N) is 2. The molecule has 0 aliphatic heterocycles. The van der Waals surface area contributed by atoms with Crippen molar-refractivity contribution < 1.29 is 9.53 Å². The predicted molar refractivity (Wildman–Crippen MR) is 83.7 cm³/mol. The standard InChI is InChI=1S/C15H17N3O2S/c1-10-8-14(17-9-16-10)21-11(2)15(19)18-12-6-4-5-7-13(12)20-3/h4-9,11H,1-3H3,(H,18,19)/t11-/m1/s1. The van der Waals surface area contributed by atoms with Crippen LogP contribution in [0.5, 0.6) is 5.75 Å². The molecule has 0 aliphatic rings. The van der Waals surface area contributed by atoms with Crippen molar-refractivity contribution >= 4 is 23.4 Å². The van der Waals surface area contributed by atoms with Crippen LogP contribution in [0.4, 0.5) is 5.69 Å². The quantitative estimate of drug-likeness (QED) is 0.679. The van der Waals surface area contributed by atoms with Gasteiger partial charge in [0.15, 0.2) is 0 Å². The molecule has 1 heterocycles. The van der Waals surface area contributed by atoms with Crippen molar-refractivity contribution in [1.29, 1.82) is 0 Å². The molecule has 0 unspecified atom stereocenters.